The summed E-state index contributed by atoms with van der Waals surface area (Å²) in [5.41, 5.74) is 4.07. The third-order valence-electron chi connectivity index (χ3n) is 2.31. The van der Waals surface area contributed by atoms with E-state index in [2.05, 4.69) is 23.4 Å². The van der Waals surface area contributed by atoms with Crippen molar-refractivity contribution in [3.63, 3.8) is 0 Å². The summed E-state index contributed by atoms with van der Waals surface area (Å²) < 4.78 is 8.75. The summed E-state index contributed by atoms with van der Waals surface area (Å²) in [6, 6.07) is 7.96. The maximum absolute atomic E-state index is 4.41. The summed E-state index contributed by atoms with van der Waals surface area (Å²) in [5.74, 6) is 0. The van der Waals surface area contributed by atoms with Crippen LogP contribution in [-0.4, -0.2) is 24.8 Å². The molecular weight excluding hydrogens is 269 g/mol. The van der Waals surface area contributed by atoms with Crippen LogP contribution < -0.4 is 5.32 Å². The van der Waals surface area contributed by atoms with Crippen LogP contribution in [0.1, 0.15) is 5.69 Å². The Morgan fingerprint density at radius 2 is 2.25 bits per heavy atom. The molecule has 1 aliphatic heterocycles. The van der Waals surface area contributed by atoms with Gasteiger partial charge in [0.1, 0.15) is 0 Å². The Bertz CT molecular complexity index is 569. The molecule has 2 aromatic rings. The summed E-state index contributed by atoms with van der Waals surface area (Å²) >= 11 is 0.0219. The molecule has 0 aliphatic carbocycles. The molecule has 0 amide bonds. The Kier molecular flexibility index (Phi) is 2.44. The van der Waals surface area contributed by atoms with Crippen molar-refractivity contribution in [3.05, 3.63) is 36.2 Å². The van der Waals surface area contributed by atoms with Crippen molar-refractivity contribution in [2.24, 2.45) is 7.92 Å². The monoisotopic (exact) mass is 279 g/mol. The third kappa shape index (κ3) is 1.73. The number of benzene rings is 1. The summed E-state index contributed by atoms with van der Waals surface area (Å²) in [6.45, 7) is 0.721. The molecule has 3 rings (SSSR count). The summed E-state index contributed by atoms with van der Waals surface area (Å²) in [6.07, 6.45) is 1.75. The van der Waals surface area contributed by atoms with E-state index in [9.17, 15) is 0 Å². The molecule has 80 valence electrons. The number of hydrogen-bond donors (Lipinski definition) is 2. The van der Waals surface area contributed by atoms with Gasteiger partial charge in [-0.05, 0) is 0 Å². The van der Waals surface area contributed by atoms with E-state index in [0.29, 0.717) is 0 Å². The van der Waals surface area contributed by atoms with Crippen LogP contribution in [0.2, 0.25) is 0 Å². The Labute approximate surface area is 98.0 Å². The predicted molar refractivity (Wildman–Crippen MR) is 62.3 cm³/mol. The molecule has 1 aromatic carbocycles. The molecule has 0 atom stereocenters. The summed E-state index contributed by atoms with van der Waals surface area (Å²) in [5, 5.41) is 10.1. The molecule has 0 saturated carbocycles. The maximum atomic E-state index is 4.41. The predicted octanol–water partition coefficient (Wildman–Crippen LogP) is 2.37. The first-order valence-electron chi connectivity index (χ1n) is 4.87. The van der Waals surface area contributed by atoms with E-state index in [0.717, 1.165) is 29.3 Å². The van der Waals surface area contributed by atoms with Gasteiger partial charge in [0, 0.05) is 0 Å². The quantitative estimate of drug-likeness (QED) is 0.722. The van der Waals surface area contributed by atoms with Crippen LogP contribution in [-0.2, 0) is 6.54 Å². The minimum atomic E-state index is 0.0219. The molecule has 0 saturated heterocycles. The van der Waals surface area contributed by atoms with E-state index in [-0.39, 0.29) is 14.6 Å². The fourth-order valence-electron chi connectivity index (χ4n) is 1.52. The van der Waals surface area contributed by atoms with Crippen LogP contribution in [0.15, 0.2) is 38.4 Å². The standard InChI is InChI=1S/C10H9N5Se/c1-2-8(10-9(3-1)14-16-15-10)11-6-7-4-5-12-13-7/h1-5,11H,6H2,(H,12,13). The van der Waals surface area contributed by atoms with Crippen molar-refractivity contribution in [2.45, 2.75) is 6.54 Å². The van der Waals surface area contributed by atoms with Crippen molar-refractivity contribution in [3.8, 4) is 0 Å². The van der Waals surface area contributed by atoms with E-state index < -0.39 is 0 Å². The third-order valence-corrected chi connectivity index (χ3v) is 3.45. The van der Waals surface area contributed by atoms with Crippen LogP contribution in [0.4, 0.5) is 17.1 Å². The number of anilines is 1. The van der Waals surface area contributed by atoms with Gasteiger partial charge in [0.2, 0.25) is 0 Å². The van der Waals surface area contributed by atoms with Gasteiger partial charge >= 0.3 is 97.8 Å². The number of nitrogens with zero attached hydrogens (tertiary/aromatic N) is 3. The van der Waals surface area contributed by atoms with E-state index in [1.54, 1.807) is 6.20 Å². The van der Waals surface area contributed by atoms with Crippen molar-refractivity contribution >= 4 is 31.6 Å². The topological polar surface area (TPSA) is 65.4 Å². The molecule has 0 fully saturated rings. The SMILES string of the molecule is c1cc2c(c(NCc3ccn[nH]3)c1)N=[Se]=N2. The number of H-pyrrole nitrogens is 1. The zero-order valence-corrected chi connectivity index (χ0v) is 10.1. The normalized spacial score (nSPS) is 12.2. The van der Waals surface area contributed by atoms with Crippen LogP contribution in [0, 0.1) is 0 Å². The molecule has 0 spiro atoms. The second-order valence-corrected chi connectivity index (χ2v) is 4.48. The van der Waals surface area contributed by atoms with E-state index in [1.165, 1.54) is 0 Å². The fraction of sp³-hybridized carbons (Fsp3) is 0.100. The first kappa shape index (κ1) is 9.57. The number of aromatic nitrogens is 2. The van der Waals surface area contributed by atoms with Crippen molar-refractivity contribution < 1.29 is 0 Å². The number of nitrogens with one attached hydrogen (secondary N) is 2. The van der Waals surface area contributed by atoms with E-state index in [1.807, 2.05) is 24.3 Å². The Morgan fingerprint density at radius 1 is 1.25 bits per heavy atom. The Balaban J connectivity index is 1.81. The molecule has 0 unspecified atom stereocenters. The van der Waals surface area contributed by atoms with Crippen molar-refractivity contribution in [1.82, 2.24) is 10.2 Å². The first-order chi connectivity index (χ1) is 7.93. The fourth-order valence-corrected chi connectivity index (χ4v) is 2.68. The Hall–Kier alpha value is -1.65. The molecular formula is C10H9N5Se. The zero-order valence-electron chi connectivity index (χ0n) is 8.34. The van der Waals surface area contributed by atoms with Gasteiger partial charge in [0.15, 0.2) is 0 Å². The molecule has 2 N–H and O–H groups in total. The van der Waals surface area contributed by atoms with E-state index in [4.69, 9.17) is 0 Å². The first-order valence-corrected chi connectivity index (χ1v) is 6.40. The number of rotatable bonds is 3. The van der Waals surface area contributed by atoms with Gasteiger partial charge in [-0.1, -0.05) is 0 Å². The summed E-state index contributed by atoms with van der Waals surface area (Å²) in [4.78, 5) is 0. The van der Waals surface area contributed by atoms with Crippen molar-refractivity contribution in [2.75, 3.05) is 5.32 Å². The molecule has 1 aromatic heterocycles. The van der Waals surface area contributed by atoms with Gasteiger partial charge in [-0.25, -0.2) is 0 Å². The molecule has 1 aliphatic rings. The second kappa shape index (κ2) is 4.08. The van der Waals surface area contributed by atoms with Gasteiger partial charge in [0.05, 0.1) is 0 Å². The summed E-state index contributed by atoms with van der Waals surface area (Å²) in [7, 11) is 0. The van der Waals surface area contributed by atoms with Crippen LogP contribution in [0.25, 0.3) is 0 Å². The number of fused-ring (bicyclic) bond motifs is 1. The van der Waals surface area contributed by atoms with Crippen LogP contribution >= 0.6 is 0 Å². The molecule has 16 heavy (non-hydrogen) atoms. The average molecular weight is 278 g/mol. The second-order valence-electron chi connectivity index (χ2n) is 3.37. The van der Waals surface area contributed by atoms with Gasteiger partial charge in [-0.3, -0.25) is 0 Å². The number of hydrogen-bond acceptors (Lipinski definition) is 4. The minimum absolute atomic E-state index is 0.0219. The van der Waals surface area contributed by atoms with Gasteiger partial charge in [0.25, 0.3) is 0 Å². The average Bonchev–Trinajstić information content (AvgIpc) is 2.97. The molecule has 5 nitrogen and oxygen atoms in total. The van der Waals surface area contributed by atoms with Gasteiger partial charge < -0.3 is 0 Å². The van der Waals surface area contributed by atoms with Crippen LogP contribution in [0.3, 0.4) is 0 Å². The molecule has 0 bridgehead atoms. The zero-order chi connectivity index (χ0) is 10.8. The molecule has 0 radical (unpaired) electrons. The van der Waals surface area contributed by atoms with Gasteiger partial charge in [-0.2, -0.15) is 0 Å². The van der Waals surface area contributed by atoms with Crippen molar-refractivity contribution in [1.29, 1.82) is 0 Å². The molecule has 2 heterocycles. The number of aromatic amines is 1. The van der Waals surface area contributed by atoms with Crippen LogP contribution in [0.5, 0.6) is 0 Å². The van der Waals surface area contributed by atoms with E-state index >= 15 is 0 Å². The van der Waals surface area contributed by atoms with Gasteiger partial charge in [-0.15, -0.1) is 0 Å². The molecule has 6 heteroatoms. The Morgan fingerprint density at radius 3 is 3.12 bits per heavy atom.